The number of benzene rings is 1. The van der Waals surface area contributed by atoms with E-state index in [1.807, 2.05) is 19.1 Å². The normalized spacial score (nSPS) is 23.4. The van der Waals surface area contributed by atoms with E-state index in [2.05, 4.69) is 47.7 Å². The molecule has 26 heavy (non-hydrogen) atoms. The van der Waals surface area contributed by atoms with Crippen LogP contribution in [-0.4, -0.2) is 20.5 Å². The number of hydrogen-bond donors (Lipinski definition) is 0. The minimum atomic E-state index is -0.269. The second-order valence-corrected chi connectivity index (χ2v) is 9.01. The van der Waals surface area contributed by atoms with Gasteiger partial charge in [0.05, 0.1) is 5.71 Å². The first-order chi connectivity index (χ1) is 12.4. The molecule has 132 valence electrons. The molecule has 0 amide bonds. The van der Waals surface area contributed by atoms with Gasteiger partial charge in [-0.3, -0.25) is 9.56 Å². The smallest absolute Gasteiger partial charge is 0.166 e. The SMILES string of the molecule is Cc1sc2c(c1C)C(c1ccc(Cl)cc1)=N[C@]1(C[C@H]1C)c1nnc(C)n1-2. The third kappa shape index (κ3) is 2.04. The number of rotatable bonds is 1. The van der Waals surface area contributed by atoms with Crippen LogP contribution < -0.4 is 0 Å². The number of fused-ring (bicyclic) bond motifs is 4. The van der Waals surface area contributed by atoms with Crippen LogP contribution >= 0.6 is 22.9 Å². The van der Waals surface area contributed by atoms with Gasteiger partial charge in [-0.05, 0) is 50.8 Å². The molecule has 0 unspecified atom stereocenters. The molecule has 4 nitrogen and oxygen atoms in total. The van der Waals surface area contributed by atoms with E-state index in [1.54, 1.807) is 11.3 Å². The maximum absolute atomic E-state index is 6.13. The maximum Gasteiger partial charge on any atom is 0.166 e. The van der Waals surface area contributed by atoms with Gasteiger partial charge in [0.1, 0.15) is 16.4 Å². The first-order valence-electron chi connectivity index (χ1n) is 8.81. The molecule has 0 N–H and O–H groups in total. The Morgan fingerprint density at radius 3 is 2.50 bits per heavy atom. The molecule has 1 aliphatic carbocycles. The van der Waals surface area contributed by atoms with Gasteiger partial charge in [-0.1, -0.05) is 30.7 Å². The summed E-state index contributed by atoms with van der Waals surface area (Å²) in [5.41, 5.74) is 4.37. The zero-order valence-corrected chi connectivity index (χ0v) is 16.7. The summed E-state index contributed by atoms with van der Waals surface area (Å²) < 4.78 is 2.23. The van der Waals surface area contributed by atoms with Crippen LogP contribution in [0.2, 0.25) is 5.02 Å². The molecule has 2 atom stereocenters. The molecule has 2 aromatic heterocycles. The third-order valence-electron chi connectivity index (χ3n) is 5.72. The lowest BCUT2D eigenvalue weighted by molar-refractivity contribution is 0.607. The van der Waals surface area contributed by atoms with Crippen LogP contribution in [0.5, 0.6) is 0 Å². The van der Waals surface area contributed by atoms with Crippen molar-refractivity contribution in [1.29, 1.82) is 0 Å². The van der Waals surface area contributed by atoms with Crippen LogP contribution in [0.1, 0.15) is 46.6 Å². The van der Waals surface area contributed by atoms with Crippen LogP contribution in [0.25, 0.3) is 5.00 Å². The summed E-state index contributed by atoms with van der Waals surface area (Å²) in [5.74, 6) is 2.37. The predicted octanol–water partition coefficient (Wildman–Crippen LogP) is 4.99. The quantitative estimate of drug-likeness (QED) is 0.594. The Morgan fingerprint density at radius 2 is 1.85 bits per heavy atom. The topological polar surface area (TPSA) is 43.1 Å². The summed E-state index contributed by atoms with van der Waals surface area (Å²) in [6, 6.07) is 8.01. The molecule has 0 radical (unpaired) electrons. The van der Waals surface area contributed by atoms with E-state index in [0.29, 0.717) is 5.92 Å². The predicted molar refractivity (Wildman–Crippen MR) is 106 cm³/mol. The van der Waals surface area contributed by atoms with Gasteiger partial charge in [0.2, 0.25) is 0 Å². The summed E-state index contributed by atoms with van der Waals surface area (Å²) in [4.78, 5) is 6.63. The van der Waals surface area contributed by atoms with E-state index in [-0.39, 0.29) is 5.54 Å². The highest BCUT2D eigenvalue weighted by atomic mass is 35.5. The average molecular weight is 383 g/mol. The zero-order chi connectivity index (χ0) is 18.2. The van der Waals surface area contributed by atoms with Gasteiger partial charge >= 0.3 is 0 Å². The minimum Gasteiger partial charge on any atom is -0.271 e. The molecule has 1 spiro atoms. The Kier molecular flexibility index (Phi) is 3.29. The van der Waals surface area contributed by atoms with Crippen molar-refractivity contribution in [3.63, 3.8) is 0 Å². The molecular weight excluding hydrogens is 364 g/mol. The van der Waals surface area contributed by atoms with Crippen LogP contribution in [0.3, 0.4) is 0 Å². The van der Waals surface area contributed by atoms with E-state index in [1.165, 1.54) is 21.0 Å². The van der Waals surface area contributed by atoms with Crippen molar-refractivity contribution >= 4 is 28.6 Å². The number of nitrogens with zero attached hydrogens (tertiary/aromatic N) is 4. The molecule has 6 heteroatoms. The Bertz CT molecular complexity index is 1080. The molecule has 3 heterocycles. The van der Waals surface area contributed by atoms with Gasteiger partial charge in [0.25, 0.3) is 0 Å². The van der Waals surface area contributed by atoms with E-state index < -0.39 is 0 Å². The summed E-state index contributed by atoms with van der Waals surface area (Å²) in [6.07, 6.45) is 1.01. The molecule has 3 aromatic rings. The molecular formula is C20H19ClN4S. The first-order valence-corrected chi connectivity index (χ1v) is 10.0. The molecule has 1 fully saturated rings. The number of aromatic nitrogens is 3. The van der Waals surface area contributed by atoms with Gasteiger partial charge in [-0.2, -0.15) is 0 Å². The molecule has 0 saturated heterocycles. The molecule has 1 saturated carbocycles. The number of hydrogen-bond acceptors (Lipinski definition) is 4. The molecule has 2 aliphatic rings. The van der Waals surface area contributed by atoms with Crippen LogP contribution in [0.4, 0.5) is 0 Å². The van der Waals surface area contributed by atoms with Crippen molar-refractivity contribution in [2.45, 2.75) is 39.7 Å². The van der Waals surface area contributed by atoms with Gasteiger partial charge in [-0.15, -0.1) is 21.5 Å². The standard InChI is InChI=1S/C20H19ClN4S/c1-10-9-20(10)19-24-23-13(4)25(19)18-16(11(2)12(3)26-18)17(22-20)14-5-7-15(21)8-6-14/h5-8,10H,9H2,1-4H3/t10-,20+/m1/s1. The second kappa shape index (κ2) is 5.27. The van der Waals surface area contributed by atoms with Crippen LogP contribution in [-0.2, 0) is 5.54 Å². The highest BCUT2D eigenvalue weighted by Gasteiger charge is 2.58. The van der Waals surface area contributed by atoms with Crippen molar-refractivity contribution in [2.24, 2.45) is 10.9 Å². The van der Waals surface area contributed by atoms with Crippen molar-refractivity contribution < 1.29 is 0 Å². The minimum absolute atomic E-state index is 0.269. The number of thiophene rings is 1. The highest BCUT2D eigenvalue weighted by molar-refractivity contribution is 7.15. The number of aryl methyl sites for hydroxylation is 2. The van der Waals surface area contributed by atoms with E-state index >= 15 is 0 Å². The molecule has 1 aliphatic heterocycles. The van der Waals surface area contributed by atoms with Crippen LogP contribution in [0.15, 0.2) is 29.3 Å². The number of aliphatic imine (C=N–C) groups is 1. The lowest BCUT2D eigenvalue weighted by Crippen LogP contribution is -2.14. The number of halogens is 1. The first kappa shape index (κ1) is 16.2. The van der Waals surface area contributed by atoms with Gasteiger partial charge in [0.15, 0.2) is 5.82 Å². The van der Waals surface area contributed by atoms with Crippen LogP contribution in [0, 0.1) is 26.7 Å². The largest absolute Gasteiger partial charge is 0.271 e. The van der Waals surface area contributed by atoms with Crippen molar-refractivity contribution in [2.75, 3.05) is 0 Å². The lowest BCUT2D eigenvalue weighted by Gasteiger charge is -2.12. The van der Waals surface area contributed by atoms with Crippen molar-refractivity contribution in [3.8, 4) is 5.00 Å². The third-order valence-corrected chi connectivity index (χ3v) is 7.16. The van der Waals surface area contributed by atoms with E-state index in [9.17, 15) is 0 Å². The van der Waals surface area contributed by atoms with Gasteiger partial charge < -0.3 is 0 Å². The summed E-state index contributed by atoms with van der Waals surface area (Å²) in [5, 5.41) is 10.9. The molecule has 5 rings (SSSR count). The Balaban J connectivity index is 1.87. The summed E-state index contributed by atoms with van der Waals surface area (Å²) >= 11 is 7.93. The fourth-order valence-electron chi connectivity index (χ4n) is 3.93. The molecule has 1 aromatic carbocycles. The van der Waals surface area contributed by atoms with Gasteiger partial charge in [0, 0.05) is 21.0 Å². The van der Waals surface area contributed by atoms with Crippen molar-refractivity contribution in [3.05, 3.63) is 62.5 Å². The summed E-state index contributed by atoms with van der Waals surface area (Å²) in [6.45, 7) is 8.63. The second-order valence-electron chi connectivity index (χ2n) is 7.37. The lowest BCUT2D eigenvalue weighted by atomic mass is 9.99. The Morgan fingerprint density at radius 1 is 1.15 bits per heavy atom. The Hall–Kier alpha value is -1.98. The molecule has 0 bridgehead atoms. The van der Waals surface area contributed by atoms with E-state index in [4.69, 9.17) is 16.6 Å². The van der Waals surface area contributed by atoms with Gasteiger partial charge in [-0.25, -0.2) is 0 Å². The zero-order valence-electron chi connectivity index (χ0n) is 15.2. The summed E-state index contributed by atoms with van der Waals surface area (Å²) in [7, 11) is 0. The fraction of sp³-hybridized carbons (Fsp3) is 0.350. The monoisotopic (exact) mass is 382 g/mol. The Labute approximate surface area is 161 Å². The highest BCUT2D eigenvalue weighted by Crippen LogP contribution is 2.57. The van der Waals surface area contributed by atoms with E-state index in [0.717, 1.165) is 34.4 Å². The maximum atomic E-state index is 6.13. The fourth-order valence-corrected chi connectivity index (χ4v) is 5.26. The van der Waals surface area contributed by atoms with Crippen molar-refractivity contribution in [1.82, 2.24) is 14.8 Å². The average Bonchev–Trinajstić information content (AvgIpc) is 2.98.